The zero-order chi connectivity index (χ0) is 28.1. The van der Waals surface area contributed by atoms with Gasteiger partial charge < -0.3 is 20.2 Å². The predicted molar refractivity (Wildman–Crippen MR) is 150 cm³/mol. The van der Waals surface area contributed by atoms with E-state index in [0.717, 1.165) is 16.7 Å². The second-order valence-corrected chi connectivity index (χ2v) is 9.99. The van der Waals surface area contributed by atoms with Crippen LogP contribution >= 0.6 is 0 Å². The fraction of sp³-hybridized carbons (Fsp3) is 0.258. The number of rotatable bonds is 9. The summed E-state index contributed by atoms with van der Waals surface area (Å²) in [5.41, 5.74) is 2.76. The van der Waals surface area contributed by atoms with E-state index in [0.29, 0.717) is 19.5 Å². The van der Waals surface area contributed by atoms with E-state index in [1.807, 2.05) is 60.7 Å². The average molecular weight is 540 g/mol. The minimum Gasteiger partial charge on any atom is -0.508 e. The molecule has 2 aliphatic rings. The first kappa shape index (κ1) is 27.0. The number of hydrazine groups is 1. The molecule has 0 unspecified atom stereocenters. The molecule has 0 spiro atoms. The number of amides is 4. The van der Waals surface area contributed by atoms with Gasteiger partial charge >= 0.3 is 6.03 Å². The lowest BCUT2D eigenvalue weighted by Gasteiger charge is -2.46. The fourth-order valence-corrected chi connectivity index (χ4v) is 5.34. The predicted octanol–water partition coefficient (Wildman–Crippen LogP) is 3.13. The van der Waals surface area contributed by atoms with Crippen molar-refractivity contribution in [2.75, 3.05) is 19.6 Å². The molecule has 2 fully saturated rings. The first-order valence-corrected chi connectivity index (χ1v) is 13.3. The summed E-state index contributed by atoms with van der Waals surface area (Å²) < 4.78 is 0. The smallest absolute Gasteiger partial charge is 0.332 e. The van der Waals surface area contributed by atoms with Gasteiger partial charge in [0.2, 0.25) is 11.8 Å². The molecule has 2 N–H and O–H groups in total. The minimum absolute atomic E-state index is 0.0319. The number of hydrogen-bond acceptors (Lipinski definition) is 5. The van der Waals surface area contributed by atoms with Gasteiger partial charge in [-0.3, -0.25) is 14.6 Å². The van der Waals surface area contributed by atoms with Crippen LogP contribution in [0.3, 0.4) is 0 Å². The molecule has 9 heteroatoms. The lowest BCUT2D eigenvalue weighted by Crippen LogP contribution is -2.66. The Kier molecular flexibility index (Phi) is 8.12. The highest BCUT2D eigenvalue weighted by atomic mass is 16.3. The number of piperazine rings is 1. The minimum atomic E-state index is -0.748. The molecule has 2 saturated heterocycles. The SMILES string of the molecule is C=CCN(C(=O)NCc1ccccc1)N1CC(=O)N2[C@@H](Cc3ccc(O)cc3)C(=O)N(Cc3ccccc3)C[C@@H]21. The number of urea groups is 1. The van der Waals surface area contributed by atoms with Crippen molar-refractivity contribution in [3.63, 3.8) is 0 Å². The Hall–Kier alpha value is -4.63. The topological polar surface area (TPSA) is 96.4 Å². The number of aromatic hydroxyl groups is 1. The summed E-state index contributed by atoms with van der Waals surface area (Å²) in [7, 11) is 0. The molecule has 0 saturated carbocycles. The van der Waals surface area contributed by atoms with Crippen molar-refractivity contribution >= 4 is 17.8 Å². The third kappa shape index (κ3) is 5.84. The van der Waals surface area contributed by atoms with Crippen LogP contribution in [0.5, 0.6) is 5.75 Å². The van der Waals surface area contributed by atoms with E-state index in [-0.39, 0.29) is 43.2 Å². The Morgan fingerprint density at radius 1 is 0.950 bits per heavy atom. The normalized spacial score (nSPS) is 18.9. The summed E-state index contributed by atoms with van der Waals surface area (Å²) in [6.45, 7) is 4.98. The number of benzene rings is 3. The van der Waals surface area contributed by atoms with E-state index < -0.39 is 12.2 Å². The van der Waals surface area contributed by atoms with Crippen molar-refractivity contribution < 1.29 is 19.5 Å². The van der Waals surface area contributed by atoms with Gasteiger partial charge in [0, 0.05) is 19.5 Å². The Labute approximate surface area is 233 Å². The third-order valence-corrected chi connectivity index (χ3v) is 7.28. The number of phenols is 1. The second-order valence-electron chi connectivity index (χ2n) is 9.99. The Bertz CT molecular complexity index is 1350. The molecule has 4 amide bonds. The van der Waals surface area contributed by atoms with Gasteiger partial charge in [-0.15, -0.1) is 6.58 Å². The maximum atomic E-state index is 13.8. The van der Waals surface area contributed by atoms with Crippen LogP contribution in [0.2, 0.25) is 0 Å². The van der Waals surface area contributed by atoms with Gasteiger partial charge in [-0.1, -0.05) is 78.9 Å². The van der Waals surface area contributed by atoms with Crippen LogP contribution in [0, 0.1) is 0 Å². The number of phenolic OH excluding ortho intramolecular Hbond substituents is 1. The van der Waals surface area contributed by atoms with Crippen molar-refractivity contribution in [2.24, 2.45) is 0 Å². The quantitative estimate of drug-likeness (QED) is 0.408. The maximum Gasteiger partial charge on any atom is 0.332 e. The summed E-state index contributed by atoms with van der Waals surface area (Å²) in [5, 5.41) is 15.9. The number of nitrogens with zero attached hydrogens (tertiary/aromatic N) is 4. The van der Waals surface area contributed by atoms with Crippen molar-refractivity contribution in [3.05, 3.63) is 114 Å². The number of carbonyl (C=O) groups excluding carboxylic acids is 3. The number of hydrogen-bond donors (Lipinski definition) is 2. The third-order valence-electron chi connectivity index (χ3n) is 7.28. The monoisotopic (exact) mass is 539 g/mol. The van der Waals surface area contributed by atoms with Gasteiger partial charge in [0.15, 0.2) is 0 Å². The van der Waals surface area contributed by atoms with Gasteiger partial charge in [-0.2, -0.15) is 5.01 Å². The van der Waals surface area contributed by atoms with Crippen LogP contribution in [0.1, 0.15) is 16.7 Å². The molecule has 0 aliphatic carbocycles. The first-order valence-electron chi connectivity index (χ1n) is 13.3. The number of fused-ring (bicyclic) bond motifs is 1. The van der Waals surface area contributed by atoms with E-state index in [1.165, 1.54) is 5.01 Å². The molecule has 3 aromatic carbocycles. The maximum absolute atomic E-state index is 13.8. The van der Waals surface area contributed by atoms with E-state index in [4.69, 9.17) is 0 Å². The number of nitrogens with one attached hydrogen (secondary N) is 1. The summed E-state index contributed by atoms with van der Waals surface area (Å²) in [6, 6.07) is 24.9. The molecule has 2 heterocycles. The van der Waals surface area contributed by atoms with Crippen LogP contribution in [-0.4, -0.2) is 74.6 Å². The van der Waals surface area contributed by atoms with Gasteiger partial charge in [-0.05, 0) is 28.8 Å². The molecular formula is C31H33N5O4. The Morgan fingerprint density at radius 3 is 2.25 bits per heavy atom. The van der Waals surface area contributed by atoms with Crippen LogP contribution in [0.15, 0.2) is 97.6 Å². The zero-order valence-corrected chi connectivity index (χ0v) is 22.2. The van der Waals surface area contributed by atoms with E-state index in [2.05, 4.69) is 11.9 Å². The zero-order valence-electron chi connectivity index (χ0n) is 22.2. The fourth-order valence-electron chi connectivity index (χ4n) is 5.34. The van der Waals surface area contributed by atoms with Crippen LogP contribution < -0.4 is 5.32 Å². The largest absolute Gasteiger partial charge is 0.508 e. The number of carbonyl (C=O) groups is 3. The first-order chi connectivity index (χ1) is 19.4. The molecule has 0 bridgehead atoms. The summed E-state index contributed by atoms with van der Waals surface area (Å²) in [4.78, 5) is 44.1. The van der Waals surface area contributed by atoms with Gasteiger partial charge in [0.05, 0.1) is 19.6 Å². The van der Waals surface area contributed by atoms with Crippen LogP contribution in [0.25, 0.3) is 0 Å². The molecule has 2 atom stereocenters. The van der Waals surface area contributed by atoms with Crippen molar-refractivity contribution in [1.29, 1.82) is 0 Å². The lowest BCUT2D eigenvalue weighted by atomic mass is 10.00. The van der Waals surface area contributed by atoms with Crippen molar-refractivity contribution in [1.82, 2.24) is 25.1 Å². The van der Waals surface area contributed by atoms with E-state index >= 15 is 0 Å². The average Bonchev–Trinajstić information content (AvgIpc) is 3.29. The molecule has 9 nitrogen and oxygen atoms in total. The van der Waals surface area contributed by atoms with Gasteiger partial charge in [0.25, 0.3) is 0 Å². The Morgan fingerprint density at radius 2 is 1.60 bits per heavy atom. The van der Waals surface area contributed by atoms with E-state index in [9.17, 15) is 19.5 Å². The summed E-state index contributed by atoms with van der Waals surface area (Å²) >= 11 is 0. The van der Waals surface area contributed by atoms with Gasteiger partial charge in [0.1, 0.15) is 18.0 Å². The van der Waals surface area contributed by atoms with Crippen molar-refractivity contribution in [2.45, 2.75) is 31.7 Å². The summed E-state index contributed by atoms with van der Waals surface area (Å²) in [5.74, 6) is -0.231. The highest BCUT2D eigenvalue weighted by molar-refractivity contribution is 5.91. The molecule has 0 aromatic heterocycles. The highest BCUT2D eigenvalue weighted by Crippen LogP contribution is 2.30. The molecule has 5 rings (SSSR count). The van der Waals surface area contributed by atoms with E-state index in [1.54, 1.807) is 45.2 Å². The molecule has 3 aromatic rings. The molecule has 40 heavy (non-hydrogen) atoms. The molecule has 2 aliphatic heterocycles. The van der Waals surface area contributed by atoms with Crippen LogP contribution in [0.4, 0.5) is 4.79 Å². The van der Waals surface area contributed by atoms with Crippen molar-refractivity contribution in [3.8, 4) is 5.75 Å². The molecule has 206 valence electrons. The lowest BCUT2D eigenvalue weighted by molar-refractivity contribution is -0.157. The molecule has 0 radical (unpaired) electrons. The molecular weight excluding hydrogens is 506 g/mol. The van der Waals surface area contributed by atoms with Gasteiger partial charge in [-0.25, -0.2) is 4.79 Å². The Balaban J connectivity index is 1.42. The highest BCUT2D eigenvalue weighted by Gasteiger charge is 2.52. The standard InChI is InChI=1S/C31H33N5O4/c1-2-17-34(31(40)32-19-24-9-5-3-6-10-24)35-22-29(38)36-27(18-23-13-15-26(37)16-14-23)30(39)33(21-28(35)36)20-25-11-7-4-8-12-25/h2-16,27-28,37H,1,17-22H2,(H,32,40)/t27-,28+/m0/s1. The second kappa shape index (κ2) is 12.0. The summed E-state index contributed by atoms with van der Waals surface area (Å²) in [6.07, 6.45) is 1.39. The van der Waals surface area contributed by atoms with Crippen LogP contribution in [-0.2, 0) is 29.1 Å².